The quantitative estimate of drug-likeness (QED) is 0.902. The minimum Gasteiger partial charge on any atom is -0.372 e. The molecule has 2 bridgehead atoms. The summed E-state index contributed by atoms with van der Waals surface area (Å²) in [4.78, 5) is 1.04. The average Bonchev–Trinajstić information content (AvgIpc) is 2.97. The molecule has 0 radical (unpaired) electrons. The number of morpholine rings is 1. The van der Waals surface area contributed by atoms with Crippen LogP contribution in [0.3, 0.4) is 0 Å². The average molecular weight is 302 g/mol. The van der Waals surface area contributed by atoms with E-state index in [-0.39, 0.29) is 12.2 Å². The summed E-state index contributed by atoms with van der Waals surface area (Å²) in [6.45, 7) is 1.70. The number of nitrogens with one attached hydrogen (secondary N) is 1. The van der Waals surface area contributed by atoms with Gasteiger partial charge in [-0.05, 0) is 32.0 Å². The summed E-state index contributed by atoms with van der Waals surface area (Å²) < 4.78 is 32.9. The van der Waals surface area contributed by atoms with Crippen LogP contribution < -0.4 is 5.32 Å². The van der Waals surface area contributed by atoms with Crippen LogP contribution in [0.5, 0.6) is 0 Å². The lowest BCUT2D eigenvalue weighted by Crippen LogP contribution is -2.45. The normalized spacial score (nSPS) is 27.8. The lowest BCUT2D eigenvalue weighted by Gasteiger charge is -2.30. The van der Waals surface area contributed by atoms with E-state index in [1.165, 1.54) is 11.3 Å². The molecule has 0 saturated carbocycles. The molecule has 7 heteroatoms. The fraction of sp³-hybridized carbons (Fsp3) is 0.667. The highest BCUT2D eigenvalue weighted by Gasteiger charge is 2.39. The van der Waals surface area contributed by atoms with Gasteiger partial charge in [-0.2, -0.15) is 4.31 Å². The van der Waals surface area contributed by atoms with Crippen molar-refractivity contribution in [3.8, 4) is 0 Å². The molecule has 2 fully saturated rings. The highest BCUT2D eigenvalue weighted by molar-refractivity contribution is 7.91. The molecule has 1 N–H and O–H groups in total. The predicted octanol–water partition coefficient (Wildman–Crippen LogP) is 1.02. The third-order valence-electron chi connectivity index (χ3n) is 3.59. The van der Waals surface area contributed by atoms with Gasteiger partial charge in [0.15, 0.2) is 0 Å². The fourth-order valence-corrected chi connectivity index (χ4v) is 5.69. The monoisotopic (exact) mass is 302 g/mol. The van der Waals surface area contributed by atoms with Gasteiger partial charge in [-0.15, -0.1) is 11.3 Å². The Kier molecular flexibility index (Phi) is 3.65. The molecule has 5 nitrogen and oxygen atoms in total. The number of hydrogen-bond acceptors (Lipinski definition) is 5. The molecule has 106 valence electrons. The molecule has 19 heavy (non-hydrogen) atoms. The van der Waals surface area contributed by atoms with Crippen LogP contribution in [0.15, 0.2) is 16.3 Å². The number of fused-ring (bicyclic) bond motifs is 2. The van der Waals surface area contributed by atoms with E-state index in [0.717, 1.165) is 17.7 Å². The first-order valence-corrected chi connectivity index (χ1v) is 8.74. The largest absolute Gasteiger partial charge is 0.372 e. The van der Waals surface area contributed by atoms with E-state index in [2.05, 4.69) is 5.32 Å². The number of rotatable bonds is 4. The van der Waals surface area contributed by atoms with Crippen LogP contribution in [0.25, 0.3) is 0 Å². The summed E-state index contributed by atoms with van der Waals surface area (Å²) in [5, 5.41) is 3.03. The second-order valence-electron chi connectivity index (χ2n) is 5.03. The molecule has 0 spiro atoms. The summed E-state index contributed by atoms with van der Waals surface area (Å²) >= 11 is 1.35. The van der Waals surface area contributed by atoms with Crippen molar-refractivity contribution in [2.24, 2.45) is 0 Å². The third-order valence-corrected chi connectivity index (χ3v) is 6.98. The summed E-state index contributed by atoms with van der Waals surface area (Å²) in [6.07, 6.45) is 2.13. The molecule has 2 aliphatic rings. The van der Waals surface area contributed by atoms with Crippen LogP contribution in [0.1, 0.15) is 17.7 Å². The molecule has 0 aromatic carbocycles. The highest BCUT2D eigenvalue weighted by Crippen LogP contribution is 2.32. The molecule has 3 heterocycles. The minimum atomic E-state index is -3.34. The topological polar surface area (TPSA) is 58.6 Å². The second-order valence-corrected chi connectivity index (χ2v) is 8.36. The van der Waals surface area contributed by atoms with Crippen LogP contribution in [0.2, 0.25) is 0 Å². The van der Waals surface area contributed by atoms with Crippen molar-refractivity contribution < 1.29 is 13.2 Å². The highest BCUT2D eigenvalue weighted by atomic mass is 32.2. The van der Waals surface area contributed by atoms with Gasteiger partial charge in [0.25, 0.3) is 10.0 Å². The van der Waals surface area contributed by atoms with Crippen LogP contribution in [-0.4, -0.2) is 45.1 Å². The van der Waals surface area contributed by atoms with Crippen LogP contribution in [0, 0.1) is 0 Å². The Labute approximate surface area is 117 Å². The standard InChI is InChI=1S/C12H18N2O3S2/c1-13-6-11-4-5-12(18-11)19(15,16)14-7-9-2-3-10(8-14)17-9/h4-5,9-10,13H,2-3,6-8H2,1H3. The SMILES string of the molecule is CNCc1ccc(S(=O)(=O)N2CC3CCC(C2)O3)s1. The first kappa shape index (κ1) is 13.5. The van der Waals surface area contributed by atoms with E-state index in [0.29, 0.717) is 23.8 Å². The molecular weight excluding hydrogens is 284 g/mol. The van der Waals surface area contributed by atoms with Crippen LogP contribution >= 0.6 is 11.3 Å². The maximum absolute atomic E-state index is 12.6. The lowest BCUT2D eigenvalue weighted by molar-refractivity contribution is -0.0114. The summed E-state index contributed by atoms with van der Waals surface area (Å²) in [5.74, 6) is 0. The van der Waals surface area contributed by atoms with E-state index in [9.17, 15) is 8.42 Å². The molecule has 1 aromatic heterocycles. The summed E-state index contributed by atoms with van der Waals surface area (Å²) in [7, 11) is -1.49. The van der Waals surface area contributed by atoms with Crippen molar-refractivity contribution in [2.75, 3.05) is 20.1 Å². The minimum absolute atomic E-state index is 0.0882. The van der Waals surface area contributed by atoms with E-state index in [1.807, 2.05) is 13.1 Å². The van der Waals surface area contributed by atoms with Gasteiger partial charge in [0.2, 0.25) is 0 Å². The Hall–Kier alpha value is -0.470. The number of sulfonamides is 1. The van der Waals surface area contributed by atoms with Gasteiger partial charge in [-0.25, -0.2) is 8.42 Å². The van der Waals surface area contributed by atoms with Crippen LogP contribution in [-0.2, 0) is 21.3 Å². The lowest BCUT2D eigenvalue weighted by atomic mass is 10.2. The van der Waals surface area contributed by atoms with Crippen LogP contribution in [0.4, 0.5) is 0 Å². The molecule has 2 atom stereocenters. The molecule has 2 unspecified atom stereocenters. The fourth-order valence-electron chi connectivity index (χ4n) is 2.67. The zero-order valence-corrected chi connectivity index (χ0v) is 12.5. The first-order valence-electron chi connectivity index (χ1n) is 6.48. The summed E-state index contributed by atoms with van der Waals surface area (Å²) in [6, 6.07) is 3.59. The zero-order valence-electron chi connectivity index (χ0n) is 10.8. The molecular formula is C12H18N2O3S2. The zero-order chi connectivity index (χ0) is 13.5. The Morgan fingerprint density at radius 3 is 2.68 bits per heavy atom. The molecule has 3 rings (SSSR count). The van der Waals surface area contributed by atoms with Crippen molar-refractivity contribution in [3.05, 3.63) is 17.0 Å². The Morgan fingerprint density at radius 1 is 1.37 bits per heavy atom. The number of nitrogens with zero attached hydrogens (tertiary/aromatic N) is 1. The van der Waals surface area contributed by atoms with Crippen molar-refractivity contribution in [3.63, 3.8) is 0 Å². The van der Waals surface area contributed by atoms with Gasteiger partial charge in [0, 0.05) is 24.5 Å². The first-order chi connectivity index (χ1) is 9.09. The van der Waals surface area contributed by atoms with Crippen molar-refractivity contribution >= 4 is 21.4 Å². The van der Waals surface area contributed by atoms with E-state index in [4.69, 9.17) is 4.74 Å². The maximum Gasteiger partial charge on any atom is 0.252 e. The van der Waals surface area contributed by atoms with E-state index < -0.39 is 10.0 Å². The molecule has 1 aromatic rings. The third kappa shape index (κ3) is 2.57. The number of thiophene rings is 1. The maximum atomic E-state index is 12.6. The van der Waals surface area contributed by atoms with E-state index >= 15 is 0 Å². The molecule has 2 aliphatic heterocycles. The number of hydrogen-bond donors (Lipinski definition) is 1. The van der Waals surface area contributed by atoms with E-state index in [1.54, 1.807) is 10.4 Å². The molecule has 2 saturated heterocycles. The molecule has 0 aliphatic carbocycles. The Balaban J connectivity index is 1.81. The number of ether oxygens (including phenoxy) is 1. The molecule has 0 amide bonds. The van der Waals surface area contributed by atoms with Crippen molar-refractivity contribution in [1.82, 2.24) is 9.62 Å². The van der Waals surface area contributed by atoms with Gasteiger partial charge >= 0.3 is 0 Å². The van der Waals surface area contributed by atoms with Crippen molar-refractivity contribution in [1.29, 1.82) is 0 Å². The smallest absolute Gasteiger partial charge is 0.252 e. The van der Waals surface area contributed by atoms with Gasteiger partial charge in [0.1, 0.15) is 4.21 Å². The Morgan fingerprint density at radius 2 is 2.05 bits per heavy atom. The Bertz CT molecular complexity index is 543. The van der Waals surface area contributed by atoms with Crippen molar-refractivity contribution in [2.45, 2.75) is 35.8 Å². The summed E-state index contributed by atoms with van der Waals surface area (Å²) in [5.41, 5.74) is 0. The second kappa shape index (κ2) is 5.14. The van der Waals surface area contributed by atoms with Gasteiger partial charge < -0.3 is 10.1 Å². The van der Waals surface area contributed by atoms with Gasteiger partial charge in [-0.3, -0.25) is 0 Å². The van der Waals surface area contributed by atoms with Gasteiger partial charge in [0.05, 0.1) is 12.2 Å². The van der Waals surface area contributed by atoms with Gasteiger partial charge in [-0.1, -0.05) is 0 Å². The predicted molar refractivity (Wildman–Crippen MR) is 73.7 cm³/mol.